The Balaban J connectivity index is 3.28. The first-order chi connectivity index (χ1) is 9.16. The first-order valence-electron chi connectivity index (χ1n) is 6.92. The second-order valence-electron chi connectivity index (χ2n) is 5.47. The molecule has 1 unspecified atom stereocenters. The van der Waals surface area contributed by atoms with E-state index >= 15 is 0 Å². The lowest BCUT2D eigenvalue weighted by Gasteiger charge is -2.20. The van der Waals surface area contributed by atoms with E-state index in [4.69, 9.17) is 15.4 Å². The van der Waals surface area contributed by atoms with E-state index in [0.29, 0.717) is 5.56 Å². The predicted octanol–water partition coefficient (Wildman–Crippen LogP) is 4.61. The topological polar surface area (TPSA) is 43.4 Å². The van der Waals surface area contributed by atoms with Gasteiger partial charge in [0.05, 0.1) is 11.0 Å². The molecule has 0 spiro atoms. The Labute approximate surface area is 126 Å². The first kappa shape index (κ1) is 17.3. The van der Waals surface area contributed by atoms with Crippen LogP contribution >= 0.6 is 10.7 Å². The monoisotopic (exact) mass is 318 g/mol. The molecule has 0 aliphatic carbocycles. The van der Waals surface area contributed by atoms with E-state index in [1.165, 1.54) is 0 Å². The van der Waals surface area contributed by atoms with Crippen molar-refractivity contribution in [3.05, 3.63) is 23.3 Å². The third-order valence-corrected chi connectivity index (χ3v) is 4.68. The zero-order valence-corrected chi connectivity index (χ0v) is 14.3. The molecule has 0 amide bonds. The van der Waals surface area contributed by atoms with Gasteiger partial charge in [-0.3, -0.25) is 0 Å². The average molecular weight is 319 g/mol. The summed E-state index contributed by atoms with van der Waals surface area (Å²) in [7, 11) is 1.75. The Kier molecular flexibility index (Phi) is 5.90. The summed E-state index contributed by atoms with van der Waals surface area (Å²) in [5, 5.41) is 0. The van der Waals surface area contributed by atoms with Gasteiger partial charge in [-0.25, -0.2) is 8.42 Å². The van der Waals surface area contributed by atoms with Gasteiger partial charge in [0.25, 0.3) is 9.05 Å². The van der Waals surface area contributed by atoms with Gasteiger partial charge in [-0.05, 0) is 49.4 Å². The van der Waals surface area contributed by atoms with Crippen LogP contribution in [0.1, 0.15) is 57.6 Å². The summed E-state index contributed by atoms with van der Waals surface area (Å²) >= 11 is 0. The lowest BCUT2D eigenvalue weighted by molar-refractivity contribution is 0.207. The van der Waals surface area contributed by atoms with Crippen LogP contribution in [0.5, 0.6) is 5.75 Å². The molecule has 114 valence electrons. The zero-order chi connectivity index (χ0) is 15.5. The maximum absolute atomic E-state index is 11.6. The van der Waals surface area contributed by atoms with Gasteiger partial charge in [-0.15, -0.1) is 0 Å². The van der Waals surface area contributed by atoms with Crippen LogP contribution in [0.25, 0.3) is 0 Å². The fraction of sp³-hybridized carbons (Fsp3) is 0.600. The molecule has 3 nitrogen and oxygen atoms in total. The molecule has 0 aromatic heterocycles. The van der Waals surface area contributed by atoms with Crippen molar-refractivity contribution >= 4 is 19.7 Å². The van der Waals surface area contributed by atoms with Crippen LogP contribution in [0.15, 0.2) is 17.0 Å². The van der Waals surface area contributed by atoms with Gasteiger partial charge in [-0.1, -0.05) is 27.2 Å². The molecule has 0 N–H and O–H groups in total. The number of hydrogen-bond acceptors (Lipinski definition) is 3. The van der Waals surface area contributed by atoms with E-state index < -0.39 is 9.05 Å². The SMILES string of the molecule is CCCC(C)Oc1cc(C)c(S(=O)(=O)Cl)cc1C(C)C. The van der Waals surface area contributed by atoms with E-state index in [2.05, 4.69) is 6.92 Å². The molecule has 20 heavy (non-hydrogen) atoms. The molecule has 1 aromatic rings. The number of halogens is 1. The van der Waals surface area contributed by atoms with E-state index in [1.807, 2.05) is 20.8 Å². The Morgan fingerprint density at radius 2 is 1.85 bits per heavy atom. The van der Waals surface area contributed by atoms with Crippen molar-refractivity contribution in [2.24, 2.45) is 0 Å². The van der Waals surface area contributed by atoms with Gasteiger partial charge in [0, 0.05) is 10.7 Å². The van der Waals surface area contributed by atoms with E-state index in [1.54, 1.807) is 19.1 Å². The van der Waals surface area contributed by atoms with Crippen LogP contribution in [0.3, 0.4) is 0 Å². The van der Waals surface area contributed by atoms with E-state index in [9.17, 15) is 8.42 Å². The van der Waals surface area contributed by atoms with Gasteiger partial charge < -0.3 is 4.74 Å². The second-order valence-corrected chi connectivity index (χ2v) is 8.00. The van der Waals surface area contributed by atoms with Crippen molar-refractivity contribution in [1.29, 1.82) is 0 Å². The number of hydrogen-bond donors (Lipinski definition) is 0. The molecule has 5 heteroatoms. The Hall–Kier alpha value is -0.740. The molecule has 1 atom stereocenters. The quantitative estimate of drug-likeness (QED) is 0.719. The maximum atomic E-state index is 11.6. The lowest BCUT2D eigenvalue weighted by Crippen LogP contribution is -2.13. The third-order valence-electron chi connectivity index (χ3n) is 3.22. The Morgan fingerprint density at radius 3 is 2.30 bits per heavy atom. The highest BCUT2D eigenvalue weighted by Crippen LogP contribution is 2.33. The van der Waals surface area contributed by atoms with Crippen LogP contribution in [0.2, 0.25) is 0 Å². The second kappa shape index (κ2) is 6.81. The highest BCUT2D eigenvalue weighted by Gasteiger charge is 2.20. The third kappa shape index (κ3) is 4.38. The van der Waals surface area contributed by atoms with Crippen LogP contribution < -0.4 is 4.74 Å². The largest absolute Gasteiger partial charge is 0.490 e. The van der Waals surface area contributed by atoms with Crippen LogP contribution in [-0.2, 0) is 9.05 Å². The Bertz CT molecular complexity index is 565. The summed E-state index contributed by atoms with van der Waals surface area (Å²) < 4.78 is 29.1. The van der Waals surface area contributed by atoms with Crippen molar-refractivity contribution < 1.29 is 13.2 Å². The van der Waals surface area contributed by atoms with Crippen molar-refractivity contribution in [1.82, 2.24) is 0 Å². The average Bonchev–Trinajstić information content (AvgIpc) is 2.26. The molecule has 0 aliphatic rings. The van der Waals surface area contributed by atoms with E-state index in [0.717, 1.165) is 24.2 Å². The van der Waals surface area contributed by atoms with Crippen molar-refractivity contribution in [2.45, 2.75) is 64.4 Å². The molecule has 0 saturated carbocycles. The van der Waals surface area contributed by atoms with E-state index in [-0.39, 0.29) is 16.9 Å². The van der Waals surface area contributed by atoms with Crippen molar-refractivity contribution in [2.75, 3.05) is 0 Å². The van der Waals surface area contributed by atoms with Gasteiger partial charge >= 0.3 is 0 Å². The Morgan fingerprint density at radius 1 is 1.25 bits per heavy atom. The van der Waals surface area contributed by atoms with Crippen LogP contribution in [0.4, 0.5) is 0 Å². The summed E-state index contributed by atoms with van der Waals surface area (Å²) in [6.45, 7) is 9.88. The summed E-state index contributed by atoms with van der Waals surface area (Å²) in [5.74, 6) is 0.916. The molecular formula is C15H23ClO3S. The lowest BCUT2D eigenvalue weighted by atomic mass is 10.0. The van der Waals surface area contributed by atoms with Crippen LogP contribution in [-0.4, -0.2) is 14.5 Å². The number of benzene rings is 1. The summed E-state index contributed by atoms with van der Waals surface area (Å²) in [4.78, 5) is 0.165. The zero-order valence-electron chi connectivity index (χ0n) is 12.7. The molecule has 0 heterocycles. The molecule has 0 fully saturated rings. The smallest absolute Gasteiger partial charge is 0.261 e. The summed E-state index contributed by atoms with van der Waals surface area (Å²) in [6, 6.07) is 3.41. The highest BCUT2D eigenvalue weighted by molar-refractivity contribution is 8.13. The van der Waals surface area contributed by atoms with Crippen molar-refractivity contribution in [3.63, 3.8) is 0 Å². The standard InChI is InChI=1S/C15H23ClO3S/c1-6-7-12(5)19-14-8-11(4)15(20(16,17)18)9-13(14)10(2)3/h8-10,12H,6-7H2,1-5H3. The minimum absolute atomic E-state index is 0.107. The summed E-state index contributed by atoms with van der Waals surface area (Å²) in [5.41, 5.74) is 1.49. The van der Waals surface area contributed by atoms with Gasteiger partial charge in [0.2, 0.25) is 0 Å². The number of rotatable bonds is 6. The number of ether oxygens (including phenoxy) is 1. The van der Waals surface area contributed by atoms with Gasteiger partial charge in [0.15, 0.2) is 0 Å². The molecule has 0 radical (unpaired) electrons. The fourth-order valence-electron chi connectivity index (χ4n) is 2.18. The normalized spacial score (nSPS) is 13.6. The molecule has 0 saturated heterocycles. The highest BCUT2D eigenvalue weighted by atomic mass is 35.7. The molecule has 1 rings (SSSR count). The maximum Gasteiger partial charge on any atom is 0.261 e. The molecule has 0 bridgehead atoms. The minimum Gasteiger partial charge on any atom is -0.490 e. The predicted molar refractivity (Wildman–Crippen MR) is 83.3 cm³/mol. The first-order valence-corrected chi connectivity index (χ1v) is 9.23. The van der Waals surface area contributed by atoms with Gasteiger partial charge in [-0.2, -0.15) is 0 Å². The number of aryl methyl sites for hydroxylation is 1. The summed E-state index contributed by atoms with van der Waals surface area (Å²) in [6.07, 6.45) is 2.12. The van der Waals surface area contributed by atoms with Crippen molar-refractivity contribution in [3.8, 4) is 5.75 Å². The minimum atomic E-state index is -3.73. The molecular weight excluding hydrogens is 296 g/mol. The fourth-order valence-corrected chi connectivity index (χ4v) is 3.39. The molecule has 1 aromatic carbocycles. The van der Waals surface area contributed by atoms with Crippen LogP contribution in [0, 0.1) is 6.92 Å². The van der Waals surface area contributed by atoms with Gasteiger partial charge in [0.1, 0.15) is 5.75 Å². The molecule has 0 aliphatic heterocycles.